The molecule has 112 valence electrons. The zero-order chi connectivity index (χ0) is 15.1. The summed E-state index contributed by atoms with van der Waals surface area (Å²) in [4.78, 5) is 11.5. The molecule has 0 atom stereocenters. The standard InChI is InChI=1S/C15H18BrN3O2/c16-13-8-11(9-19-12-3-4-12)2-5-14(13)21-10-15(20)18-7-1-6-17/h2,5,8,12,19H,1,3-4,7,9-10H2,(H,18,20). The van der Waals surface area contributed by atoms with Crippen molar-refractivity contribution in [3.05, 3.63) is 28.2 Å². The molecule has 0 bridgehead atoms. The highest BCUT2D eigenvalue weighted by atomic mass is 79.9. The third-order valence-corrected chi connectivity index (χ3v) is 3.71. The Morgan fingerprint density at radius 3 is 2.95 bits per heavy atom. The van der Waals surface area contributed by atoms with Crippen molar-refractivity contribution in [3.8, 4) is 11.8 Å². The third-order valence-electron chi connectivity index (χ3n) is 3.09. The van der Waals surface area contributed by atoms with Crippen LogP contribution in [-0.4, -0.2) is 25.1 Å². The minimum absolute atomic E-state index is 0.0519. The number of rotatable bonds is 8. The van der Waals surface area contributed by atoms with E-state index in [4.69, 9.17) is 10.00 Å². The molecule has 6 heteroatoms. The summed E-state index contributed by atoms with van der Waals surface area (Å²) in [7, 11) is 0. The van der Waals surface area contributed by atoms with Gasteiger partial charge in [0.05, 0.1) is 17.0 Å². The molecule has 0 radical (unpaired) electrons. The molecule has 2 N–H and O–H groups in total. The number of nitrogens with zero attached hydrogens (tertiary/aromatic N) is 1. The van der Waals surface area contributed by atoms with Crippen molar-refractivity contribution in [2.75, 3.05) is 13.2 Å². The van der Waals surface area contributed by atoms with Gasteiger partial charge in [-0.05, 0) is 46.5 Å². The van der Waals surface area contributed by atoms with E-state index in [1.165, 1.54) is 18.4 Å². The molecule has 1 amide bonds. The molecule has 0 saturated heterocycles. The average molecular weight is 352 g/mol. The molecule has 1 fully saturated rings. The van der Waals surface area contributed by atoms with E-state index in [0.29, 0.717) is 24.8 Å². The fourth-order valence-electron chi connectivity index (χ4n) is 1.77. The maximum absolute atomic E-state index is 11.5. The molecule has 1 aliphatic carbocycles. The second-order valence-corrected chi connectivity index (χ2v) is 5.82. The molecule has 0 spiro atoms. The van der Waals surface area contributed by atoms with E-state index in [2.05, 4.69) is 26.6 Å². The Hall–Kier alpha value is -1.58. The van der Waals surface area contributed by atoms with Crippen LogP contribution in [0.4, 0.5) is 0 Å². The van der Waals surface area contributed by atoms with E-state index in [1.807, 2.05) is 24.3 Å². The van der Waals surface area contributed by atoms with Gasteiger partial charge in [-0.3, -0.25) is 4.79 Å². The molecular weight excluding hydrogens is 334 g/mol. The Balaban J connectivity index is 1.77. The van der Waals surface area contributed by atoms with Gasteiger partial charge >= 0.3 is 0 Å². The Labute approximate surface area is 132 Å². The van der Waals surface area contributed by atoms with Crippen LogP contribution in [0.25, 0.3) is 0 Å². The summed E-state index contributed by atoms with van der Waals surface area (Å²) in [5.41, 5.74) is 1.18. The zero-order valence-corrected chi connectivity index (χ0v) is 13.3. The van der Waals surface area contributed by atoms with Gasteiger partial charge in [-0.25, -0.2) is 0 Å². The molecular formula is C15H18BrN3O2. The van der Waals surface area contributed by atoms with Crippen LogP contribution in [0.1, 0.15) is 24.8 Å². The molecule has 0 aromatic heterocycles. The molecule has 5 nitrogen and oxygen atoms in total. The monoisotopic (exact) mass is 351 g/mol. The number of halogens is 1. The van der Waals surface area contributed by atoms with E-state index in [9.17, 15) is 4.79 Å². The van der Waals surface area contributed by atoms with Crippen LogP contribution in [0, 0.1) is 11.3 Å². The molecule has 0 heterocycles. The number of nitrogens with one attached hydrogen (secondary N) is 2. The van der Waals surface area contributed by atoms with Crippen LogP contribution in [0.5, 0.6) is 5.75 Å². The van der Waals surface area contributed by atoms with E-state index in [0.717, 1.165) is 11.0 Å². The van der Waals surface area contributed by atoms with Crippen LogP contribution in [0.3, 0.4) is 0 Å². The molecule has 1 saturated carbocycles. The van der Waals surface area contributed by atoms with Gasteiger partial charge in [0.25, 0.3) is 5.91 Å². The quantitative estimate of drug-likeness (QED) is 0.703. The maximum atomic E-state index is 11.5. The fraction of sp³-hybridized carbons (Fsp3) is 0.467. The molecule has 1 aromatic carbocycles. The minimum atomic E-state index is -0.225. The molecule has 0 unspecified atom stereocenters. The van der Waals surface area contributed by atoms with Crippen molar-refractivity contribution in [2.24, 2.45) is 0 Å². The summed E-state index contributed by atoms with van der Waals surface area (Å²) in [6.07, 6.45) is 2.84. The number of hydrogen-bond acceptors (Lipinski definition) is 4. The van der Waals surface area contributed by atoms with Crippen molar-refractivity contribution >= 4 is 21.8 Å². The number of benzene rings is 1. The first-order chi connectivity index (χ1) is 10.2. The summed E-state index contributed by atoms with van der Waals surface area (Å²) in [6, 6.07) is 8.49. The Kier molecular flexibility index (Phi) is 6.03. The molecule has 1 aromatic rings. The van der Waals surface area contributed by atoms with Crippen molar-refractivity contribution in [1.29, 1.82) is 5.26 Å². The highest BCUT2D eigenvalue weighted by molar-refractivity contribution is 9.10. The summed E-state index contributed by atoms with van der Waals surface area (Å²) < 4.78 is 6.30. The summed E-state index contributed by atoms with van der Waals surface area (Å²) >= 11 is 3.46. The predicted octanol–water partition coefficient (Wildman–Crippen LogP) is 2.11. The maximum Gasteiger partial charge on any atom is 0.257 e. The zero-order valence-electron chi connectivity index (χ0n) is 11.7. The summed E-state index contributed by atoms with van der Waals surface area (Å²) in [6.45, 7) is 1.15. The lowest BCUT2D eigenvalue weighted by Gasteiger charge is -2.10. The van der Waals surface area contributed by atoms with E-state index >= 15 is 0 Å². The molecule has 0 aliphatic heterocycles. The first kappa shape index (κ1) is 15.8. The van der Waals surface area contributed by atoms with Gasteiger partial charge < -0.3 is 15.4 Å². The molecule has 1 aliphatic rings. The highest BCUT2D eigenvalue weighted by Crippen LogP contribution is 2.26. The van der Waals surface area contributed by atoms with E-state index in [1.54, 1.807) is 0 Å². The van der Waals surface area contributed by atoms with Crippen molar-refractivity contribution in [3.63, 3.8) is 0 Å². The SMILES string of the molecule is N#CCCNC(=O)COc1ccc(CNC2CC2)cc1Br. The topological polar surface area (TPSA) is 74.2 Å². The van der Waals surface area contributed by atoms with Gasteiger partial charge in [0.2, 0.25) is 0 Å². The van der Waals surface area contributed by atoms with E-state index in [-0.39, 0.29) is 12.5 Å². The van der Waals surface area contributed by atoms with Crippen LogP contribution in [0.2, 0.25) is 0 Å². The number of amides is 1. The van der Waals surface area contributed by atoms with Gasteiger partial charge in [-0.15, -0.1) is 0 Å². The molecule has 21 heavy (non-hydrogen) atoms. The number of carbonyl (C=O) groups excluding carboxylic acids is 1. The Bertz CT molecular complexity index is 538. The smallest absolute Gasteiger partial charge is 0.257 e. The fourth-order valence-corrected chi connectivity index (χ4v) is 2.31. The number of carbonyl (C=O) groups is 1. The number of ether oxygens (including phenoxy) is 1. The van der Waals surface area contributed by atoms with Crippen LogP contribution < -0.4 is 15.4 Å². The van der Waals surface area contributed by atoms with Crippen molar-refractivity contribution in [2.45, 2.75) is 31.8 Å². The summed E-state index contributed by atoms with van der Waals surface area (Å²) in [5, 5.41) is 14.4. The van der Waals surface area contributed by atoms with Gasteiger partial charge in [0.1, 0.15) is 5.75 Å². The highest BCUT2D eigenvalue weighted by Gasteiger charge is 2.20. The predicted molar refractivity (Wildman–Crippen MR) is 82.7 cm³/mol. The Morgan fingerprint density at radius 2 is 2.29 bits per heavy atom. The first-order valence-electron chi connectivity index (χ1n) is 6.97. The first-order valence-corrected chi connectivity index (χ1v) is 7.76. The van der Waals surface area contributed by atoms with Gasteiger partial charge in [0, 0.05) is 19.1 Å². The largest absolute Gasteiger partial charge is 0.483 e. The van der Waals surface area contributed by atoms with Gasteiger partial charge in [0.15, 0.2) is 6.61 Å². The lowest BCUT2D eigenvalue weighted by molar-refractivity contribution is -0.123. The van der Waals surface area contributed by atoms with Crippen molar-refractivity contribution in [1.82, 2.24) is 10.6 Å². The third kappa shape index (κ3) is 5.74. The van der Waals surface area contributed by atoms with Crippen molar-refractivity contribution < 1.29 is 9.53 Å². The lowest BCUT2D eigenvalue weighted by atomic mass is 10.2. The summed E-state index contributed by atoms with van der Waals surface area (Å²) in [5.74, 6) is 0.414. The lowest BCUT2D eigenvalue weighted by Crippen LogP contribution is -2.29. The van der Waals surface area contributed by atoms with Crippen LogP contribution >= 0.6 is 15.9 Å². The average Bonchev–Trinajstić information content (AvgIpc) is 3.28. The van der Waals surface area contributed by atoms with Crippen LogP contribution in [0.15, 0.2) is 22.7 Å². The minimum Gasteiger partial charge on any atom is -0.483 e. The second kappa shape index (κ2) is 8.01. The van der Waals surface area contributed by atoms with E-state index < -0.39 is 0 Å². The molecule has 2 rings (SSSR count). The van der Waals surface area contributed by atoms with Gasteiger partial charge in [-0.2, -0.15) is 5.26 Å². The normalized spacial score (nSPS) is 13.5. The van der Waals surface area contributed by atoms with Crippen LogP contribution in [-0.2, 0) is 11.3 Å². The Morgan fingerprint density at radius 1 is 1.48 bits per heavy atom. The number of hydrogen-bond donors (Lipinski definition) is 2. The number of nitriles is 1. The van der Waals surface area contributed by atoms with Gasteiger partial charge in [-0.1, -0.05) is 6.07 Å². The second-order valence-electron chi connectivity index (χ2n) is 4.97.